The van der Waals surface area contributed by atoms with Gasteiger partial charge in [-0.3, -0.25) is 14.9 Å². The highest BCUT2D eigenvalue weighted by atomic mass is 32.1. The number of aryl methyl sites for hydroxylation is 1. The lowest BCUT2D eigenvalue weighted by Gasteiger charge is -2.08. The molecule has 0 spiro atoms. The van der Waals surface area contributed by atoms with E-state index in [1.165, 1.54) is 11.3 Å². The van der Waals surface area contributed by atoms with Crippen molar-refractivity contribution in [3.05, 3.63) is 58.5 Å². The van der Waals surface area contributed by atoms with Gasteiger partial charge in [0.15, 0.2) is 5.13 Å². The summed E-state index contributed by atoms with van der Waals surface area (Å²) in [6, 6.07) is 7.47. The second kappa shape index (κ2) is 8.13. The van der Waals surface area contributed by atoms with Gasteiger partial charge < -0.3 is 9.30 Å². The van der Waals surface area contributed by atoms with Crippen molar-refractivity contribution in [1.82, 2.24) is 14.5 Å². The van der Waals surface area contributed by atoms with Gasteiger partial charge in [0, 0.05) is 23.0 Å². The number of hydrogen-bond donors (Lipinski definition) is 1. The van der Waals surface area contributed by atoms with Crippen LogP contribution in [-0.4, -0.2) is 33.0 Å². The van der Waals surface area contributed by atoms with E-state index in [0.29, 0.717) is 23.0 Å². The molecule has 3 heterocycles. The molecular weight excluding hydrogens is 364 g/mol. The topological polar surface area (TPSA) is 86.1 Å². The van der Waals surface area contributed by atoms with Crippen LogP contribution in [0, 0.1) is 13.8 Å². The Labute approximate surface area is 161 Å². The average Bonchev–Trinajstić information content (AvgIpc) is 3.19. The highest BCUT2D eigenvalue weighted by Gasteiger charge is 2.18. The van der Waals surface area contributed by atoms with Gasteiger partial charge in [0.05, 0.1) is 24.3 Å². The summed E-state index contributed by atoms with van der Waals surface area (Å²) in [6.45, 7) is 5.90. The lowest BCUT2D eigenvalue weighted by molar-refractivity contribution is -0.142. The van der Waals surface area contributed by atoms with Crippen LogP contribution in [0.15, 0.2) is 35.8 Å². The molecule has 0 bridgehead atoms. The number of aromatic nitrogens is 3. The van der Waals surface area contributed by atoms with Gasteiger partial charge in [-0.05, 0) is 39.0 Å². The van der Waals surface area contributed by atoms with Gasteiger partial charge in [-0.2, -0.15) is 0 Å². The maximum atomic E-state index is 12.7. The Morgan fingerprint density at radius 3 is 2.81 bits per heavy atom. The van der Waals surface area contributed by atoms with Gasteiger partial charge in [0.2, 0.25) is 0 Å². The predicted molar refractivity (Wildman–Crippen MR) is 103 cm³/mol. The summed E-state index contributed by atoms with van der Waals surface area (Å²) < 4.78 is 6.84. The van der Waals surface area contributed by atoms with Crippen molar-refractivity contribution in [2.24, 2.45) is 0 Å². The van der Waals surface area contributed by atoms with Crippen LogP contribution < -0.4 is 5.32 Å². The van der Waals surface area contributed by atoms with Crippen molar-refractivity contribution in [2.45, 2.75) is 27.2 Å². The molecule has 3 rings (SSSR count). The fourth-order valence-electron chi connectivity index (χ4n) is 2.80. The van der Waals surface area contributed by atoms with E-state index >= 15 is 0 Å². The van der Waals surface area contributed by atoms with E-state index in [-0.39, 0.29) is 18.3 Å². The summed E-state index contributed by atoms with van der Waals surface area (Å²) in [7, 11) is 0. The van der Waals surface area contributed by atoms with E-state index in [9.17, 15) is 9.59 Å². The number of amides is 1. The fraction of sp³-hybridized carbons (Fsp3) is 0.263. The van der Waals surface area contributed by atoms with Crippen molar-refractivity contribution in [3.63, 3.8) is 0 Å². The summed E-state index contributed by atoms with van der Waals surface area (Å²) in [4.78, 5) is 32.9. The van der Waals surface area contributed by atoms with Gasteiger partial charge in [-0.15, -0.1) is 11.3 Å². The largest absolute Gasteiger partial charge is 0.466 e. The first-order chi connectivity index (χ1) is 13.0. The van der Waals surface area contributed by atoms with Gasteiger partial charge in [-0.25, -0.2) is 9.97 Å². The van der Waals surface area contributed by atoms with Crippen LogP contribution in [-0.2, 0) is 16.0 Å². The number of esters is 1. The van der Waals surface area contributed by atoms with E-state index in [4.69, 9.17) is 4.74 Å². The van der Waals surface area contributed by atoms with Crippen molar-refractivity contribution in [1.29, 1.82) is 0 Å². The molecule has 3 aromatic heterocycles. The molecule has 0 aliphatic rings. The summed E-state index contributed by atoms with van der Waals surface area (Å²) in [5.74, 6) is 0.180. The van der Waals surface area contributed by atoms with Crippen LogP contribution >= 0.6 is 11.3 Å². The molecule has 0 radical (unpaired) electrons. The normalized spacial score (nSPS) is 10.6. The van der Waals surface area contributed by atoms with Crippen LogP contribution in [0.4, 0.5) is 5.13 Å². The van der Waals surface area contributed by atoms with E-state index in [2.05, 4.69) is 15.3 Å². The summed E-state index contributed by atoms with van der Waals surface area (Å²) in [5, 5.41) is 4.99. The zero-order valence-corrected chi connectivity index (χ0v) is 16.2. The Morgan fingerprint density at radius 1 is 1.30 bits per heavy atom. The maximum Gasteiger partial charge on any atom is 0.311 e. The smallest absolute Gasteiger partial charge is 0.311 e. The number of ether oxygens (including phenoxy) is 1. The van der Waals surface area contributed by atoms with Crippen LogP contribution in [0.5, 0.6) is 0 Å². The van der Waals surface area contributed by atoms with Crippen LogP contribution in [0.25, 0.3) is 5.82 Å². The first-order valence-electron chi connectivity index (χ1n) is 8.51. The van der Waals surface area contributed by atoms with E-state index < -0.39 is 0 Å². The third-order valence-electron chi connectivity index (χ3n) is 3.96. The molecule has 0 aliphatic heterocycles. The molecule has 0 aromatic carbocycles. The van der Waals surface area contributed by atoms with Gasteiger partial charge in [-0.1, -0.05) is 6.07 Å². The first-order valence-corrected chi connectivity index (χ1v) is 9.39. The lowest BCUT2D eigenvalue weighted by Crippen LogP contribution is -2.13. The van der Waals surface area contributed by atoms with Gasteiger partial charge in [0.25, 0.3) is 5.91 Å². The number of carbonyl (C=O) groups excluding carboxylic acids is 2. The SMILES string of the molecule is CCOC(=O)Cc1csc(NC(=O)c2cc(C)n(-c3ccccn3)c2C)n1. The second-order valence-electron chi connectivity index (χ2n) is 5.89. The van der Waals surface area contributed by atoms with Crippen molar-refractivity contribution >= 4 is 28.3 Å². The second-order valence-corrected chi connectivity index (χ2v) is 6.75. The third kappa shape index (κ3) is 4.22. The number of hydrogen-bond acceptors (Lipinski definition) is 6. The molecule has 1 amide bonds. The van der Waals surface area contributed by atoms with E-state index in [1.807, 2.05) is 42.7 Å². The average molecular weight is 384 g/mol. The number of pyridine rings is 1. The molecule has 27 heavy (non-hydrogen) atoms. The maximum absolute atomic E-state index is 12.7. The number of nitrogens with zero attached hydrogens (tertiary/aromatic N) is 3. The van der Waals surface area contributed by atoms with Crippen molar-refractivity contribution in [2.75, 3.05) is 11.9 Å². The third-order valence-corrected chi connectivity index (χ3v) is 4.76. The molecule has 0 fully saturated rings. The fourth-order valence-corrected chi connectivity index (χ4v) is 3.51. The number of nitrogens with one attached hydrogen (secondary N) is 1. The molecule has 140 valence electrons. The number of anilines is 1. The molecule has 0 saturated carbocycles. The van der Waals surface area contributed by atoms with Gasteiger partial charge in [0.1, 0.15) is 5.82 Å². The van der Waals surface area contributed by atoms with Gasteiger partial charge >= 0.3 is 5.97 Å². The lowest BCUT2D eigenvalue weighted by atomic mass is 10.2. The number of thiazole rings is 1. The Kier molecular flexibility index (Phi) is 5.66. The zero-order chi connectivity index (χ0) is 19.4. The van der Waals surface area contributed by atoms with Crippen LogP contribution in [0.3, 0.4) is 0 Å². The molecule has 3 aromatic rings. The summed E-state index contributed by atoms with van der Waals surface area (Å²) in [5.41, 5.74) is 2.85. The summed E-state index contributed by atoms with van der Waals surface area (Å²) in [6.07, 6.45) is 1.81. The van der Waals surface area contributed by atoms with E-state index in [0.717, 1.165) is 17.2 Å². The van der Waals surface area contributed by atoms with Crippen molar-refractivity contribution < 1.29 is 14.3 Å². The molecule has 0 aliphatic carbocycles. The molecular formula is C19H20N4O3S. The quantitative estimate of drug-likeness (QED) is 0.659. The van der Waals surface area contributed by atoms with E-state index in [1.54, 1.807) is 18.5 Å². The Hall–Kier alpha value is -3.00. The number of rotatable bonds is 6. The summed E-state index contributed by atoms with van der Waals surface area (Å²) >= 11 is 1.28. The predicted octanol–water partition coefficient (Wildman–Crippen LogP) is 3.30. The molecule has 0 unspecified atom stereocenters. The standard InChI is InChI=1S/C19H20N4O3S/c1-4-26-17(24)10-14-11-27-19(21-14)22-18(25)15-9-12(2)23(13(15)3)16-7-5-6-8-20-16/h5-9,11H,4,10H2,1-3H3,(H,21,22,25). The minimum absolute atomic E-state index is 0.0917. The van der Waals surface area contributed by atoms with Crippen LogP contribution in [0.2, 0.25) is 0 Å². The highest BCUT2D eigenvalue weighted by Crippen LogP contribution is 2.22. The zero-order valence-electron chi connectivity index (χ0n) is 15.4. The molecule has 7 nitrogen and oxygen atoms in total. The first kappa shape index (κ1) is 18.8. The Balaban J connectivity index is 1.76. The molecule has 8 heteroatoms. The molecule has 0 atom stereocenters. The number of carbonyl (C=O) groups is 2. The molecule has 0 saturated heterocycles. The minimum atomic E-state index is -0.334. The minimum Gasteiger partial charge on any atom is -0.466 e. The van der Waals surface area contributed by atoms with Crippen molar-refractivity contribution in [3.8, 4) is 5.82 Å². The molecule has 1 N–H and O–H groups in total. The van der Waals surface area contributed by atoms with Crippen LogP contribution in [0.1, 0.15) is 34.4 Å². The Bertz CT molecular complexity index is 963. The Morgan fingerprint density at radius 2 is 2.11 bits per heavy atom. The monoisotopic (exact) mass is 384 g/mol. The highest BCUT2D eigenvalue weighted by molar-refractivity contribution is 7.14.